The monoisotopic (exact) mass is 246 g/mol. The van der Waals surface area contributed by atoms with Crippen molar-refractivity contribution >= 4 is 0 Å². The van der Waals surface area contributed by atoms with Crippen molar-refractivity contribution in [3.05, 3.63) is 36.4 Å². The molecule has 0 aliphatic heterocycles. The highest BCUT2D eigenvalue weighted by atomic mass is 15.3. The van der Waals surface area contributed by atoms with Crippen molar-refractivity contribution < 1.29 is 0 Å². The molecule has 2 rings (SSSR count). The molecular weight excluding hydrogens is 228 g/mol. The van der Waals surface area contributed by atoms with Gasteiger partial charge in [-0.05, 0) is 27.0 Å². The van der Waals surface area contributed by atoms with E-state index in [4.69, 9.17) is 0 Å². The Morgan fingerprint density at radius 1 is 1.28 bits per heavy atom. The standard InChI is InChI=1S/C12H18N6/c1-9(2)18-12(16-8-17-18)6-11(13-3)10-4-5-14-7-15-10/h4-5,7-9,11,13H,6H2,1-3H3. The van der Waals surface area contributed by atoms with Gasteiger partial charge in [-0.1, -0.05) is 0 Å². The van der Waals surface area contributed by atoms with Crippen molar-refractivity contribution in [2.45, 2.75) is 32.4 Å². The molecule has 0 spiro atoms. The smallest absolute Gasteiger partial charge is 0.138 e. The van der Waals surface area contributed by atoms with Crippen molar-refractivity contribution in [3.8, 4) is 0 Å². The third-order valence-electron chi connectivity index (χ3n) is 2.83. The molecule has 0 aliphatic rings. The van der Waals surface area contributed by atoms with Gasteiger partial charge < -0.3 is 5.32 Å². The SMILES string of the molecule is CNC(Cc1ncnn1C(C)C)c1ccncn1. The Morgan fingerprint density at radius 2 is 2.11 bits per heavy atom. The first kappa shape index (κ1) is 12.6. The maximum absolute atomic E-state index is 4.32. The van der Waals surface area contributed by atoms with Gasteiger partial charge >= 0.3 is 0 Å². The van der Waals surface area contributed by atoms with Crippen LogP contribution < -0.4 is 5.32 Å². The Morgan fingerprint density at radius 3 is 2.72 bits per heavy atom. The number of hydrogen-bond donors (Lipinski definition) is 1. The summed E-state index contributed by atoms with van der Waals surface area (Å²) in [7, 11) is 1.92. The predicted molar refractivity (Wildman–Crippen MR) is 67.9 cm³/mol. The molecule has 6 heteroatoms. The molecule has 1 unspecified atom stereocenters. The second kappa shape index (κ2) is 5.68. The summed E-state index contributed by atoms with van der Waals surface area (Å²) in [5.41, 5.74) is 0.964. The van der Waals surface area contributed by atoms with Gasteiger partial charge in [-0.15, -0.1) is 0 Å². The third-order valence-corrected chi connectivity index (χ3v) is 2.83. The quantitative estimate of drug-likeness (QED) is 0.857. The van der Waals surface area contributed by atoms with Gasteiger partial charge in [0, 0.05) is 18.7 Å². The third kappa shape index (κ3) is 2.70. The van der Waals surface area contributed by atoms with Gasteiger partial charge in [-0.3, -0.25) is 0 Å². The molecule has 2 aromatic heterocycles. The average Bonchev–Trinajstić information content (AvgIpc) is 2.85. The predicted octanol–water partition coefficient (Wildman–Crippen LogP) is 1.15. The highest BCUT2D eigenvalue weighted by Crippen LogP contribution is 2.15. The van der Waals surface area contributed by atoms with Crippen molar-refractivity contribution in [2.75, 3.05) is 7.05 Å². The zero-order valence-electron chi connectivity index (χ0n) is 10.9. The minimum absolute atomic E-state index is 0.120. The van der Waals surface area contributed by atoms with Crippen LogP contribution >= 0.6 is 0 Å². The van der Waals surface area contributed by atoms with Gasteiger partial charge in [0.15, 0.2) is 0 Å². The lowest BCUT2D eigenvalue weighted by atomic mass is 10.1. The van der Waals surface area contributed by atoms with Crippen molar-refractivity contribution in [3.63, 3.8) is 0 Å². The van der Waals surface area contributed by atoms with Gasteiger partial charge in [0.1, 0.15) is 18.5 Å². The first-order valence-corrected chi connectivity index (χ1v) is 6.04. The number of nitrogens with one attached hydrogen (secondary N) is 1. The van der Waals surface area contributed by atoms with Crippen molar-refractivity contribution in [1.82, 2.24) is 30.0 Å². The summed E-state index contributed by atoms with van der Waals surface area (Å²) >= 11 is 0. The Labute approximate surface area is 106 Å². The molecule has 96 valence electrons. The summed E-state index contributed by atoms with van der Waals surface area (Å²) in [5.74, 6) is 0.961. The molecule has 1 atom stereocenters. The van der Waals surface area contributed by atoms with Crippen LogP contribution in [0.1, 0.15) is 37.4 Å². The summed E-state index contributed by atoms with van der Waals surface area (Å²) in [4.78, 5) is 12.5. The highest BCUT2D eigenvalue weighted by Gasteiger charge is 2.16. The molecule has 0 fully saturated rings. The van der Waals surface area contributed by atoms with Crippen LogP contribution in [0, 0.1) is 0 Å². The number of hydrogen-bond acceptors (Lipinski definition) is 5. The molecule has 2 heterocycles. The van der Waals surface area contributed by atoms with Crippen LogP contribution in [0.4, 0.5) is 0 Å². The first-order valence-electron chi connectivity index (χ1n) is 6.04. The van der Waals surface area contributed by atoms with Crippen molar-refractivity contribution in [2.24, 2.45) is 0 Å². The number of aromatic nitrogens is 5. The van der Waals surface area contributed by atoms with E-state index in [9.17, 15) is 0 Å². The molecule has 18 heavy (non-hydrogen) atoms. The van der Waals surface area contributed by atoms with Crippen LogP contribution in [0.2, 0.25) is 0 Å². The largest absolute Gasteiger partial charge is 0.311 e. The summed E-state index contributed by atoms with van der Waals surface area (Å²) < 4.78 is 1.94. The second-order valence-electron chi connectivity index (χ2n) is 4.39. The van der Waals surface area contributed by atoms with E-state index in [0.29, 0.717) is 6.04 Å². The van der Waals surface area contributed by atoms with Crippen LogP contribution in [-0.4, -0.2) is 31.8 Å². The van der Waals surface area contributed by atoms with Gasteiger partial charge in [-0.2, -0.15) is 5.10 Å². The van der Waals surface area contributed by atoms with E-state index in [-0.39, 0.29) is 6.04 Å². The number of nitrogens with zero attached hydrogens (tertiary/aromatic N) is 5. The van der Waals surface area contributed by atoms with Crippen LogP contribution in [-0.2, 0) is 6.42 Å². The lowest BCUT2D eigenvalue weighted by Gasteiger charge is -2.16. The fourth-order valence-electron chi connectivity index (χ4n) is 1.90. The minimum atomic E-state index is 0.120. The number of rotatable bonds is 5. The van der Waals surface area contributed by atoms with E-state index < -0.39 is 0 Å². The summed E-state index contributed by atoms with van der Waals surface area (Å²) in [6.45, 7) is 4.19. The maximum atomic E-state index is 4.32. The lowest BCUT2D eigenvalue weighted by Crippen LogP contribution is -2.22. The van der Waals surface area contributed by atoms with Gasteiger partial charge in [-0.25, -0.2) is 19.6 Å². The zero-order chi connectivity index (χ0) is 13.0. The molecule has 0 amide bonds. The summed E-state index contributed by atoms with van der Waals surface area (Å²) in [5, 5.41) is 7.49. The Bertz CT molecular complexity index is 478. The Kier molecular flexibility index (Phi) is 3.99. The van der Waals surface area contributed by atoms with E-state index in [1.165, 1.54) is 0 Å². The molecule has 0 bridgehead atoms. The molecule has 0 saturated carbocycles. The maximum Gasteiger partial charge on any atom is 0.138 e. The van der Waals surface area contributed by atoms with Gasteiger partial charge in [0.2, 0.25) is 0 Å². The van der Waals surface area contributed by atoms with E-state index in [1.807, 2.05) is 17.8 Å². The number of likely N-dealkylation sites (N-methyl/N-ethyl adjacent to an activating group) is 1. The van der Waals surface area contributed by atoms with Gasteiger partial charge in [0.25, 0.3) is 0 Å². The Balaban J connectivity index is 2.18. The fourth-order valence-corrected chi connectivity index (χ4v) is 1.90. The fraction of sp³-hybridized carbons (Fsp3) is 0.500. The van der Waals surface area contributed by atoms with Crippen LogP contribution in [0.15, 0.2) is 24.9 Å². The van der Waals surface area contributed by atoms with Crippen LogP contribution in [0.5, 0.6) is 0 Å². The minimum Gasteiger partial charge on any atom is -0.311 e. The molecule has 0 radical (unpaired) electrons. The van der Waals surface area contributed by atoms with Crippen LogP contribution in [0.3, 0.4) is 0 Å². The molecule has 0 aromatic carbocycles. The van der Waals surface area contributed by atoms with Gasteiger partial charge in [0.05, 0.1) is 11.7 Å². The summed E-state index contributed by atoms with van der Waals surface area (Å²) in [6, 6.07) is 2.34. The second-order valence-corrected chi connectivity index (χ2v) is 4.39. The lowest BCUT2D eigenvalue weighted by molar-refractivity contribution is 0.474. The van der Waals surface area contributed by atoms with E-state index in [1.54, 1.807) is 18.9 Å². The average molecular weight is 246 g/mol. The Hall–Kier alpha value is -1.82. The molecule has 0 aliphatic carbocycles. The molecule has 2 aromatic rings. The van der Waals surface area contributed by atoms with E-state index >= 15 is 0 Å². The molecule has 6 nitrogen and oxygen atoms in total. The zero-order valence-corrected chi connectivity index (χ0v) is 10.9. The normalized spacial score (nSPS) is 12.9. The van der Waals surface area contributed by atoms with Crippen molar-refractivity contribution in [1.29, 1.82) is 0 Å². The van der Waals surface area contributed by atoms with E-state index in [2.05, 4.69) is 39.2 Å². The van der Waals surface area contributed by atoms with Crippen LogP contribution in [0.25, 0.3) is 0 Å². The molecule has 0 saturated heterocycles. The topological polar surface area (TPSA) is 68.5 Å². The first-order chi connectivity index (χ1) is 8.72. The summed E-state index contributed by atoms with van der Waals surface area (Å²) in [6.07, 6.45) is 5.67. The highest BCUT2D eigenvalue weighted by molar-refractivity contribution is 5.07. The molecular formula is C12H18N6. The van der Waals surface area contributed by atoms with E-state index in [0.717, 1.165) is 17.9 Å². The molecule has 1 N–H and O–H groups in total.